The third-order valence-corrected chi connectivity index (χ3v) is 3.79. The van der Waals surface area contributed by atoms with Crippen molar-refractivity contribution in [2.24, 2.45) is 0 Å². The fraction of sp³-hybridized carbons (Fsp3) is 0.238. The first kappa shape index (κ1) is 22.8. The minimum atomic E-state index is -4.53. The van der Waals surface area contributed by atoms with Gasteiger partial charge in [0, 0.05) is 6.08 Å². The van der Waals surface area contributed by atoms with Crippen molar-refractivity contribution in [3.63, 3.8) is 0 Å². The zero-order chi connectivity index (χ0) is 22.1. The van der Waals surface area contributed by atoms with E-state index < -0.39 is 24.5 Å². The molecule has 160 valence electrons. The van der Waals surface area contributed by atoms with Gasteiger partial charge in [-0.1, -0.05) is 18.2 Å². The van der Waals surface area contributed by atoms with Crippen molar-refractivity contribution < 1.29 is 32.2 Å². The minimum Gasteiger partial charge on any atom is -0.493 e. The number of benzene rings is 2. The Kier molecular flexibility index (Phi) is 7.85. The van der Waals surface area contributed by atoms with E-state index in [2.05, 4.69) is 5.32 Å². The molecule has 0 spiro atoms. The van der Waals surface area contributed by atoms with E-state index in [1.165, 1.54) is 37.5 Å². The normalized spacial score (nSPS) is 11.2. The number of alkyl halides is 3. The number of para-hydroxylation sites is 1. The van der Waals surface area contributed by atoms with Crippen LogP contribution in [0, 0.1) is 0 Å². The molecule has 6 nitrogen and oxygen atoms in total. The molecule has 0 atom stereocenters. The summed E-state index contributed by atoms with van der Waals surface area (Å²) >= 11 is 0. The summed E-state index contributed by atoms with van der Waals surface area (Å²) < 4.78 is 47.6. The lowest BCUT2D eigenvalue weighted by molar-refractivity contribution is -0.123. The average Bonchev–Trinajstić information content (AvgIpc) is 2.71. The summed E-state index contributed by atoms with van der Waals surface area (Å²) in [6.45, 7) is 0.857. The second-order valence-electron chi connectivity index (χ2n) is 6.01. The molecule has 0 aliphatic carbocycles. The number of methoxy groups -OCH3 is 1. The van der Waals surface area contributed by atoms with Crippen molar-refractivity contribution in [2.45, 2.75) is 13.1 Å². The number of anilines is 1. The maximum atomic E-state index is 12.3. The van der Waals surface area contributed by atoms with Crippen LogP contribution in [0.25, 0.3) is 6.08 Å². The topological polar surface area (TPSA) is 76.7 Å². The Hall–Kier alpha value is -3.49. The van der Waals surface area contributed by atoms with Crippen molar-refractivity contribution >= 4 is 23.6 Å². The van der Waals surface area contributed by atoms with Crippen LogP contribution in [0.15, 0.2) is 48.5 Å². The third-order valence-electron chi connectivity index (χ3n) is 3.79. The van der Waals surface area contributed by atoms with Gasteiger partial charge in [0.05, 0.1) is 25.0 Å². The Balaban J connectivity index is 2.09. The number of carbonyl (C=O) groups is 2. The molecule has 2 N–H and O–H groups in total. The van der Waals surface area contributed by atoms with Crippen LogP contribution in [0.5, 0.6) is 11.5 Å². The molecule has 9 heteroatoms. The van der Waals surface area contributed by atoms with E-state index in [4.69, 9.17) is 9.47 Å². The largest absolute Gasteiger partial charge is 0.493 e. The average molecular weight is 422 g/mol. The zero-order valence-corrected chi connectivity index (χ0v) is 16.4. The van der Waals surface area contributed by atoms with E-state index in [0.717, 1.165) is 0 Å². The van der Waals surface area contributed by atoms with Gasteiger partial charge in [-0.25, -0.2) is 0 Å². The lowest BCUT2D eigenvalue weighted by atomic mass is 10.1. The van der Waals surface area contributed by atoms with Crippen LogP contribution in [-0.4, -0.2) is 38.3 Å². The number of hydrogen-bond acceptors (Lipinski definition) is 4. The number of nitrogens with one attached hydrogen (secondary N) is 2. The van der Waals surface area contributed by atoms with Gasteiger partial charge >= 0.3 is 6.18 Å². The van der Waals surface area contributed by atoms with Gasteiger partial charge in [0.1, 0.15) is 6.54 Å². The second kappa shape index (κ2) is 10.3. The maximum absolute atomic E-state index is 12.3. The first-order valence-electron chi connectivity index (χ1n) is 8.97. The SMILES string of the molecule is CCOc1ccc(/C=C/C(=O)Nc2ccccc2C(=O)NCC(F)(F)F)cc1OC. The molecule has 2 rings (SSSR count). The molecule has 2 aromatic rings. The molecule has 0 saturated heterocycles. The molecule has 30 heavy (non-hydrogen) atoms. The highest BCUT2D eigenvalue weighted by atomic mass is 19.4. The highest BCUT2D eigenvalue weighted by Crippen LogP contribution is 2.28. The molecule has 0 aliphatic heterocycles. The van der Waals surface area contributed by atoms with Gasteiger partial charge in [-0.2, -0.15) is 13.2 Å². The fourth-order valence-electron chi connectivity index (χ4n) is 2.47. The molecule has 0 aliphatic rings. The number of halogens is 3. The van der Waals surface area contributed by atoms with Crippen LogP contribution >= 0.6 is 0 Å². The summed E-state index contributed by atoms with van der Waals surface area (Å²) in [4.78, 5) is 24.3. The quantitative estimate of drug-likeness (QED) is 0.630. The van der Waals surface area contributed by atoms with Crippen molar-refractivity contribution in [1.29, 1.82) is 0 Å². The molecular weight excluding hydrogens is 401 g/mol. The number of carbonyl (C=O) groups excluding carboxylic acids is 2. The summed E-state index contributed by atoms with van der Waals surface area (Å²) in [7, 11) is 1.50. The lowest BCUT2D eigenvalue weighted by Gasteiger charge is -2.12. The van der Waals surface area contributed by atoms with Crippen molar-refractivity contribution in [2.75, 3.05) is 25.6 Å². The highest BCUT2D eigenvalue weighted by molar-refractivity contribution is 6.07. The molecule has 2 aromatic carbocycles. The Morgan fingerprint density at radius 3 is 2.50 bits per heavy atom. The lowest BCUT2D eigenvalue weighted by Crippen LogP contribution is -2.34. The van der Waals surface area contributed by atoms with E-state index in [1.807, 2.05) is 6.92 Å². The van der Waals surface area contributed by atoms with Crippen molar-refractivity contribution in [1.82, 2.24) is 5.32 Å². The maximum Gasteiger partial charge on any atom is 0.405 e. The van der Waals surface area contributed by atoms with Gasteiger partial charge in [0.2, 0.25) is 5.91 Å². The first-order valence-corrected chi connectivity index (χ1v) is 8.97. The Bertz CT molecular complexity index is 927. The van der Waals surface area contributed by atoms with Gasteiger partial charge in [-0.05, 0) is 42.8 Å². The van der Waals surface area contributed by atoms with Crippen molar-refractivity contribution in [3.05, 3.63) is 59.7 Å². The minimum absolute atomic E-state index is 0.0776. The molecule has 0 saturated carbocycles. The molecule has 0 aromatic heterocycles. The standard InChI is InChI=1S/C21H21F3N2O4/c1-3-30-17-10-8-14(12-18(17)29-2)9-11-19(27)26-16-7-5-4-6-15(16)20(28)25-13-21(22,23)24/h4-12H,3,13H2,1-2H3,(H,25,28)(H,26,27)/b11-9+. The van der Waals surface area contributed by atoms with E-state index in [0.29, 0.717) is 23.7 Å². The fourth-order valence-corrected chi connectivity index (χ4v) is 2.47. The number of amides is 2. The molecule has 0 bridgehead atoms. The smallest absolute Gasteiger partial charge is 0.405 e. The van der Waals surface area contributed by atoms with Crippen LogP contribution in [0.2, 0.25) is 0 Å². The monoisotopic (exact) mass is 422 g/mol. The van der Waals surface area contributed by atoms with Crippen LogP contribution in [-0.2, 0) is 4.79 Å². The van der Waals surface area contributed by atoms with Gasteiger partial charge in [-0.3, -0.25) is 9.59 Å². The van der Waals surface area contributed by atoms with E-state index in [1.54, 1.807) is 29.6 Å². The highest BCUT2D eigenvalue weighted by Gasteiger charge is 2.28. The van der Waals surface area contributed by atoms with Gasteiger partial charge in [-0.15, -0.1) is 0 Å². The summed E-state index contributed by atoms with van der Waals surface area (Å²) in [6, 6.07) is 10.9. The Labute approximate surface area is 171 Å². The van der Waals surface area contributed by atoms with Crippen molar-refractivity contribution in [3.8, 4) is 11.5 Å². The predicted octanol–water partition coefficient (Wildman–Crippen LogP) is 4.04. The molecule has 2 amide bonds. The molecule has 0 unspecified atom stereocenters. The second-order valence-corrected chi connectivity index (χ2v) is 6.01. The molecular formula is C21H21F3N2O4. The summed E-state index contributed by atoms with van der Waals surface area (Å²) in [5, 5.41) is 4.27. The number of rotatable bonds is 8. The Morgan fingerprint density at radius 1 is 1.10 bits per heavy atom. The molecule has 0 radical (unpaired) electrons. The third kappa shape index (κ3) is 6.84. The van der Waals surface area contributed by atoms with Gasteiger partial charge < -0.3 is 20.1 Å². The van der Waals surface area contributed by atoms with Crippen LogP contribution < -0.4 is 20.1 Å². The molecule has 0 fully saturated rings. The Morgan fingerprint density at radius 2 is 1.83 bits per heavy atom. The van der Waals surface area contributed by atoms with E-state index in [9.17, 15) is 22.8 Å². The summed E-state index contributed by atoms with van der Waals surface area (Å²) in [5.74, 6) is -0.422. The zero-order valence-electron chi connectivity index (χ0n) is 16.4. The van der Waals surface area contributed by atoms with Gasteiger partial charge in [0.15, 0.2) is 11.5 Å². The predicted molar refractivity (Wildman–Crippen MR) is 107 cm³/mol. The molecule has 0 heterocycles. The van der Waals surface area contributed by atoms with Gasteiger partial charge in [0.25, 0.3) is 5.91 Å². The summed E-state index contributed by atoms with van der Waals surface area (Å²) in [6.07, 6.45) is -1.77. The first-order chi connectivity index (χ1) is 14.2. The van der Waals surface area contributed by atoms with E-state index >= 15 is 0 Å². The number of hydrogen-bond donors (Lipinski definition) is 2. The number of ether oxygens (including phenoxy) is 2. The van der Waals surface area contributed by atoms with Crippen LogP contribution in [0.1, 0.15) is 22.8 Å². The summed E-state index contributed by atoms with van der Waals surface area (Å²) in [5.41, 5.74) is 0.684. The van der Waals surface area contributed by atoms with Crippen LogP contribution in [0.3, 0.4) is 0 Å². The van der Waals surface area contributed by atoms with Crippen LogP contribution in [0.4, 0.5) is 18.9 Å². The van der Waals surface area contributed by atoms with E-state index in [-0.39, 0.29) is 11.3 Å².